The van der Waals surface area contributed by atoms with Gasteiger partial charge in [-0.15, -0.1) is 0 Å². The Morgan fingerprint density at radius 2 is 1.81 bits per heavy atom. The Balaban J connectivity index is 1.53. The fourth-order valence-electron chi connectivity index (χ4n) is 3.32. The summed E-state index contributed by atoms with van der Waals surface area (Å²) in [5.41, 5.74) is 1.83. The van der Waals surface area contributed by atoms with Crippen LogP contribution in [0.1, 0.15) is 22.5 Å². The number of hydrogen-bond donors (Lipinski definition) is 0. The van der Waals surface area contributed by atoms with E-state index in [0.717, 1.165) is 17.5 Å². The first-order valence-corrected chi connectivity index (χ1v) is 8.90. The van der Waals surface area contributed by atoms with E-state index >= 15 is 0 Å². The number of hydrogen-bond acceptors (Lipinski definition) is 3. The molecule has 1 aliphatic rings. The van der Waals surface area contributed by atoms with E-state index in [-0.39, 0.29) is 12.5 Å². The van der Waals surface area contributed by atoms with E-state index in [1.807, 2.05) is 19.9 Å². The van der Waals surface area contributed by atoms with Gasteiger partial charge in [-0.25, -0.2) is 0 Å². The molecule has 2 aromatic rings. The number of aromatic nitrogens is 2. The SMILES string of the molecule is Cc1cc(C)n(CC(=O)N2CCN(Cc3cccc(C(F)(F)F)c3)CC2)n1. The van der Waals surface area contributed by atoms with Crippen LogP contribution in [0.3, 0.4) is 0 Å². The van der Waals surface area contributed by atoms with Crippen LogP contribution in [0.25, 0.3) is 0 Å². The van der Waals surface area contributed by atoms with Gasteiger partial charge in [0, 0.05) is 38.4 Å². The van der Waals surface area contributed by atoms with Crippen molar-refractivity contribution in [1.82, 2.24) is 19.6 Å². The lowest BCUT2D eigenvalue weighted by atomic mass is 10.1. The lowest BCUT2D eigenvalue weighted by Gasteiger charge is -2.35. The van der Waals surface area contributed by atoms with E-state index in [0.29, 0.717) is 38.3 Å². The second-order valence-corrected chi connectivity index (χ2v) is 6.94. The Hall–Kier alpha value is -2.35. The van der Waals surface area contributed by atoms with Gasteiger partial charge in [0.25, 0.3) is 0 Å². The van der Waals surface area contributed by atoms with Gasteiger partial charge >= 0.3 is 6.18 Å². The molecule has 0 spiro atoms. The molecule has 5 nitrogen and oxygen atoms in total. The van der Waals surface area contributed by atoms with Gasteiger partial charge in [0.2, 0.25) is 5.91 Å². The number of rotatable bonds is 4. The van der Waals surface area contributed by atoms with Gasteiger partial charge in [0.05, 0.1) is 11.3 Å². The highest BCUT2D eigenvalue weighted by Crippen LogP contribution is 2.29. The van der Waals surface area contributed by atoms with Crippen molar-refractivity contribution in [3.05, 3.63) is 52.8 Å². The average Bonchev–Trinajstić information content (AvgIpc) is 2.92. The maximum Gasteiger partial charge on any atom is 0.416 e. The molecule has 0 atom stereocenters. The number of piperazine rings is 1. The molecule has 0 radical (unpaired) electrons. The minimum absolute atomic E-state index is 0.0138. The average molecular weight is 380 g/mol. The Morgan fingerprint density at radius 3 is 2.41 bits per heavy atom. The number of carbonyl (C=O) groups excluding carboxylic acids is 1. The molecule has 1 aromatic heterocycles. The first-order chi connectivity index (χ1) is 12.7. The normalized spacial score (nSPS) is 16.0. The zero-order chi connectivity index (χ0) is 19.6. The Kier molecular flexibility index (Phi) is 5.55. The number of halogens is 3. The van der Waals surface area contributed by atoms with E-state index in [1.165, 1.54) is 12.1 Å². The quantitative estimate of drug-likeness (QED) is 0.819. The first kappa shape index (κ1) is 19.4. The number of amides is 1. The summed E-state index contributed by atoms with van der Waals surface area (Å²) in [5.74, 6) is 0.0138. The molecule has 0 unspecified atom stereocenters. The van der Waals surface area contributed by atoms with Gasteiger partial charge < -0.3 is 4.90 Å². The highest BCUT2D eigenvalue weighted by atomic mass is 19.4. The molecule has 1 saturated heterocycles. The predicted molar refractivity (Wildman–Crippen MR) is 95.0 cm³/mol. The first-order valence-electron chi connectivity index (χ1n) is 8.90. The summed E-state index contributed by atoms with van der Waals surface area (Å²) in [6.07, 6.45) is -4.33. The van der Waals surface area contributed by atoms with Gasteiger partial charge in [-0.1, -0.05) is 18.2 Å². The van der Waals surface area contributed by atoms with Gasteiger partial charge in [-0.05, 0) is 31.5 Å². The fraction of sp³-hybridized carbons (Fsp3) is 0.474. The van der Waals surface area contributed by atoms with E-state index in [9.17, 15) is 18.0 Å². The molecule has 146 valence electrons. The molecule has 0 N–H and O–H groups in total. The molecule has 8 heteroatoms. The zero-order valence-electron chi connectivity index (χ0n) is 15.5. The van der Waals surface area contributed by atoms with Gasteiger partial charge in [-0.2, -0.15) is 18.3 Å². The molecule has 2 heterocycles. The van der Waals surface area contributed by atoms with Crippen LogP contribution in [-0.2, 0) is 24.1 Å². The largest absolute Gasteiger partial charge is 0.416 e. The number of alkyl halides is 3. The second kappa shape index (κ2) is 7.72. The van der Waals surface area contributed by atoms with Crippen LogP contribution in [0, 0.1) is 13.8 Å². The van der Waals surface area contributed by atoms with E-state index < -0.39 is 11.7 Å². The topological polar surface area (TPSA) is 41.4 Å². The van der Waals surface area contributed by atoms with Crippen LogP contribution in [0.5, 0.6) is 0 Å². The molecule has 1 aromatic carbocycles. The maximum absolute atomic E-state index is 12.8. The van der Waals surface area contributed by atoms with Crippen molar-refractivity contribution < 1.29 is 18.0 Å². The molecule has 1 fully saturated rings. The van der Waals surface area contributed by atoms with Crippen LogP contribution in [0.15, 0.2) is 30.3 Å². The van der Waals surface area contributed by atoms with E-state index in [4.69, 9.17) is 0 Å². The third-order valence-corrected chi connectivity index (χ3v) is 4.77. The summed E-state index contributed by atoms with van der Waals surface area (Å²) in [5, 5.41) is 4.31. The minimum atomic E-state index is -4.33. The molecule has 1 amide bonds. The molecule has 0 saturated carbocycles. The molecular weight excluding hydrogens is 357 g/mol. The summed E-state index contributed by atoms with van der Waals surface area (Å²) in [6, 6.07) is 7.35. The molecule has 0 bridgehead atoms. The number of aryl methyl sites for hydroxylation is 2. The lowest BCUT2D eigenvalue weighted by molar-refractivity contribution is -0.138. The summed E-state index contributed by atoms with van der Waals surface area (Å²) in [4.78, 5) is 16.3. The Bertz CT molecular complexity index is 808. The third kappa shape index (κ3) is 4.88. The third-order valence-electron chi connectivity index (χ3n) is 4.77. The number of nitrogens with zero attached hydrogens (tertiary/aromatic N) is 4. The number of benzene rings is 1. The monoisotopic (exact) mass is 380 g/mol. The van der Waals surface area contributed by atoms with Crippen LogP contribution in [-0.4, -0.2) is 51.7 Å². The molecular formula is C19H23F3N4O. The van der Waals surface area contributed by atoms with Crippen LogP contribution < -0.4 is 0 Å². The molecule has 3 rings (SSSR count). The molecule has 0 aliphatic carbocycles. The molecule has 1 aliphatic heterocycles. The van der Waals surface area contributed by atoms with Crippen LogP contribution in [0.2, 0.25) is 0 Å². The van der Waals surface area contributed by atoms with Crippen molar-refractivity contribution in [2.24, 2.45) is 0 Å². The van der Waals surface area contributed by atoms with E-state index in [1.54, 1.807) is 15.6 Å². The highest BCUT2D eigenvalue weighted by molar-refractivity contribution is 5.76. The Morgan fingerprint density at radius 1 is 1.11 bits per heavy atom. The van der Waals surface area contributed by atoms with Crippen LogP contribution >= 0.6 is 0 Å². The fourth-order valence-corrected chi connectivity index (χ4v) is 3.32. The van der Waals surface area contributed by atoms with Gasteiger partial charge in [-0.3, -0.25) is 14.4 Å². The van der Waals surface area contributed by atoms with Crippen molar-refractivity contribution >= 4 is 5.91 Å². The Labute approximate surface area is 156 Å². The standard InChI is InChI=1S/C19H23F3N4O/c1-14-10-15(2)26(23-14)13-18(27)25-8-6-24(7-9-25)12-16-4-3-5-17(11-16)19(20,21)22/h3-5,10-11H,6-9,12-13H2,1-2H3. The summed E-state index contributed by atoms with van der Waals surface area (Å²) >= 11 is 0. The van der Waals surface area contributed by atoms with Gasteiger partial charge in [0.1, 0.15) is 6.54 Å². The summed E-state index contributed by atoms with van der Waals surface area (Å²) < 4.78 is 40.2. The number of carbonyl (C=O) groups is 1. The second-order valence-electron chi connectivity index (χ2n) is 6.94. The molecule has 27 heavy (non-hydrogen) atoms. The van der Waals surface area contributed by atoms with Crippen molar-refractivity contribution in [3.8, 4) is 0 Å². The summed E-state index contributed by atoms with van der Waals surface area (Å²) in [6.45, 7) is 6.88. The highest BCUT2D eigenvalue weighted by Gasteiger charge is 2.30. The van der Waals surface area contributed by atoms with Crippen LogP contribution in [0.4, 0.5) is 13.2 Å². The lowest BCUT2D eigenvalue weighted by Crippen LogP contribution is -2.49. The smallest absolute Gasteiger partial charge is 0.339 e. The predicted octanol–water partition coefficient (Wildman–Crippen LogP) is 2.86. The van der Waals surface area contributed by atoms with Crippen molar-refractivity contribution in [1.29, 1.82) is 0 Å². The zero-order valence-corrected chi connectivity index (χ0v) is 15.5. The van der Waals surface area contributed by atoms with Crippen molar-refractivity contribution in [2.45, 2.75) is 33.1 Å². The van der Waals surface area contributed by atoms with Crippen molar-refractivity contribution in [3.63, 3.8) is 0 Å². The van der Waals surface area contributed by atoms with E-state index in [2.05, 4.69) is 10.00 Å². The summed E-state index contributed by atoms with van der Waals surface area (Å²) in [7, 11) is 0. The minimum Gasteiger partial charge on any atom is -0.339 e. The van der Waals surface area contributed by atoms with Crippen molar-refractivity contribution in [2.75, 3.05) is 26.2 Å². The maximum atomic E-state index is 12.8. The van der Waals surface area contributed by atoms with Gasteiger partial charge in [0.15, 0.2) is 0 Å².